The van der Waals surface area contributed by atoms with Crippen LogP contribution in [0.5, 0.6) is 0 Å². The van der Waals surface area contributed by atoms with Crippen molar-refractivity contribution in [3.63, 3.8) is 0 Å². The monoisotopic (exact) mass is 296 g/mol. The molecule has 0 aromatic carbocycles. The molecule has 112 valence electrons. The Balaban J connectivity index is 1.62. The van der Waals surface area contributed by atoms with E-state index in [9.17, 15) is 4.79 Å². The molecule has 22 heavy (non-hydrogen) atoms. The van der Waals surface area contributed by atoms with Crippen molar-refractivity contribution in [3.8, 4) is 6.07 Å². The molecule has 1 aliphatic rings. The number of aryl methyl sites for hydroxylation is 1. The molecule has 3 heterocycles. The molecule has 0 N–H and O–H groups in total. The van der Waals surface area contributed by atoms with Gasteiger partial charge in [-0.15, -0.1) is 0 Å². The Bertz CT molecular complexity index is 706. The lowest BCUT2D eigenvalue weighted by Crippen LogP contribution is -2.48. The number of piperazine rings is 1. The Hall–Kier alpha value is -2.88. The van der Waals surface area contributed by atoms with Crippen molar-refractivity contribution >= 4 is 11.6 Å². The summed E-state index contributed by atoms with van der Waals surface area (Å²) in [5.41, 5.74) is 2.01. The van der Waals surface area contributed by atoms with Gasteiger partial charge in [0.15, 0.2) is 0 Å². The standard InChI is InChI=1S/C15H16N6O/c1-19-11-12(9-18-19)15(22)21-6-4-20(5-7-21)14-3-2-13(8-16)17-10-14/h2-3,9-11H,4-7H2,1H3. The maximum absolute atomic E-state index is 12.3. The third-order valence-corrected chi connectivity index (χ3v) is 3.75. The third-order valence-electron chi connectivity index (χ3n) is 3.75. The predicted molar refractivity (Wildman–Crippen MR) is 80.3 cm³/mol. The van der Waals surface area contributed by atoms with Crippen LogP contribution in [0.3, 0.4) is 0 Å². The molecule has 1 saturated heterocycles. The lowest BCUT2D eigenvalue weighted by Gasteiger charge is -2.35. The van der Waals surface area contributed by atoms with Gasteiger partial charge in [0.2, 0.25) is 0 Å². The van der Waals surface area contributed by atoms with E-state index in [2.05, 4.69) is 15.0 Å². The SMILES string of the molecule is Cn1cc(C(=O)N2CCN(c3ccc(C#N)nc3)CC2)cn1. The number of rotatable bonds is 2. The van der Waals surface area contributed by atoms with Gasteiger partial charge in [-0.2, -0.15) is 10.4 Å². The fourth-order valence-corrected chi connectivity index (χ4v) is 2.52. The van der Waals surface area contributed by atoms with Crippen LogP contribution >= 0.6 is 0 Å². The van der Waals surface area contributed by atoms with Gasteiger partial charge in [-0.25, -0.2) is 4.98 Å². The summed E-state index contributed by atoms with van der Waals surface area (Å²) in [5, 5.41) is 12.8. The number of pyridine rings is 1. The molecule has 0 bridgehead atoms. The second kappa shape index (κ2) is 5.85. The van der Waals surface area contributed by atoms with Gasteiger partial charge < -0.3 is 9.80 Å². The van der Waals surface area contributed by atoms with Crippen LogP contribution in [0.15, 0.2) is 30.7 Å². The molecule has 0 aliphatic carbocycles. The highest BCUT2D eigenvalue weighted by molar-refractivity contribution is 5.93. The molecule has 7 heteroatoms. The first-order chi connectivity index (χ1) is 10.7. The highest BCUT2D eigenvalue weighted by atomic mass is 16.2. The van der Waals surface area contributed by atoms with Gasteiger partial charge in [-0.3, -0.25) is 9.48 Å². The zero-order valence-electron chi connectivity index (χ0n) is 12.3. The van der Waals surface area contributed by atoms with Crippen molar-refractivity contribution < 1.29 is 4.79 Å². The van der Waals surface area contributed by atoms with Crippen LogP contribution in [0.1, 0.15) is 16.1 Å². The highest BCUT2D eigenvalue weighted by Crippen LogP contribution is 2.16. The average molecular weight is 296 g/mol. The maximum atomic E-state index is 12.3. The molecular weight excluding hydrogens is 280 g/mol. The first kappa shape index (κ1) is 14.1. The first-order valence-corrected chi connectivity index (χ1v) is 7.06. The van der Waals surface area contributed by atoms with Crippen LogP contribution in [0.25, 0.3) is 0 Å². The molecule has 1 fully saturated rings. The van der Waals surface area contributed by atoms with Gasteiger partial charge >= 0.3 is 0 Å². The van der Waals surface area contributed by atoms with E-state index in [-0.39, 0.29) is 5.91 Å². The number of carbonyl (C=O) groups is 1. The second-order valence-corrected chi connectivity index (χ2v) is 5.20. The molecule has 2 aromatic heterocycles. The topological polar surface area (TPSA) is 78.0 Å². The van der Waals surface area contributed by atoms with Crippen LogP contribution in [0.4, 0.5) is 5.69 Å². The van der Waals surface area contributed by atoms with Crippen LogP contribution in [0, 0.1) is 11.3 Å². The van der Waals surface area contributed by atoms with E-state index in [0.717, 1.165) is 18.8 Å². The van der Waals surface area contributed by atoms with Crippen LogP contribution in [-0.4, -0.2) is 51.8 Å². The summed E-state index contributed by atoms with van der Waals surface area (Å²) in [5.74, 6) is 0.0192. The fraction of sp³-hybridized carbons (Fsp3) is 0.333. The van der Waals surface area contributed by atoms with Gasteiger partial charge in [0.25, 0.3) is 5.91 Å². The van der Waals surface area contributed by atoms with Crippen LogP contribution < -0.4 is 4.90 Å². The average Bonchev–Trinajstić information content (AvgIpc) is 3.01. The quantitative estimate of drug-likeness (QED) is 0.813. The van der Waals surface area contributed by atoms with E-state index in [1.807, 2.05) is 17.0 Å². The minimum atomic E-state index is 0.0192. The van der Waals surface area contributed by atoms with Crippen molar-refractivity contribution in [1.29, 1.82) is 5.26 Å². The van der Waals surface area contributed by atoms with Gasteiger partial charge in [0.05, 0.1) is 23.6 Å². The van der Waals surface area contributed by atoms with Crippen molar-refractivity contribution in [2.75, 3.05) is 31.1 Å². The van der Waals surface area contributed by atoms with E-state index < -0.39 is 0 Å². The molecule has 1 amide bonds. The molecule has 0 saturated carbocycles. The number of nitrogens with zero attached hydrogens (tertiary/aromatic N) is 6. The summed E-state index contributed by atoms with van der Waals surface area (Å²) < 4.78 is 1.63. The Kier molecular flexibility index (Phi) is 3.74. The van der Waals surface area contributed by atoms with Gasteiger partial charge in [0.1, 0.15) is 11.8 Å². The summed E-state index contributed by atoms with van der Waals surface area (Å²) in [4.78, 5) is 20.4. The van der Waals surface area contributed by atoms with Crippen molar-refractivity contribution in [3.05, 3.63) is 42.0 Å². The summed E-state index contributed by atoms with van der Waals surface area (Å²) in [6, 6.07) is 5.61. The number of anilines is 1. The molecule has 2 aromatic rings. The van der Waals surface area contributed by atoms with Crippen LogP contribution in [0.2, 0.25) is 0 Å². The number of hydrogen-bond donors (Lipinski definition) is 0. The smallest absolute Gasteiger partial charge is 0.257 e. The van der Waals surface area contributed by atoms with Gasteiger partial charge in [0, 0.05) is 39.4 Å². The van der Waals surface area contributed by atoms with Crippen molar-refractivity contribution in [2.24, 2.45) is 7.05 Å². The summed E-state index contributed by atoms with van der Waals surface area (Å²) in [6.07, 6.45) is 5.04. The molecule has 0 atom stereocenters. The number of aromatic nitrogens is 3. The molecule has 0 unspecified atom stereocenters. The van der Waals surface area contributed by atoms with Crippen molar-refractivity contribution in [1.82, 2.24) is 19.7 Å². The maximum Gasteiger partial charge on any atom is 0.257 e. The summed E-state index contributed by atoms with van der Waals surface area (Å²) in [7, 11) is 1.80. The minimum Gasteiger partial charge on any atom is -0.367 e. The number of amides is 1. The predicted octanol–water partition coefficient (Wildman–Crippen LogP) is 0.649. The molecule has 7 nitrogen and oxygen atoms in total. The van der Waals surface area contributed by atoms with E-state index >= 15 is 0 Å². The van der Waals surface area contributed by atoms with E-state index in [0.29, 0.717) is 24.3 Å². The van der Waals surface area contributed by atoms with Crippen molar-refractivity contribution in [2.45, 2.75) is 0 Å². The Morgan fingerprint density at radius 1 is 1.23 bits per heavy atom. The van der Waals surface area contributed by atoms with E-state index in [1.165, 1.54) is 0 Å². The molecule has 3 rings (SSSR count). The molecule has 1 aliphatic heterocycles. The molecule has 0 radical (unpaired) electrons. The van der Waals surface area contributed by atoms with E-state index in [4.69, 9.17) is 5.26 Å². The summed E-state index contributed by atoms with van der Waals surface area (Å²) in [6.45, 7) is 2.82. The molecule has 0 spiro atoms. The highest BCUT2D eigenvalue weighted by Gasteiger charge is 2.23. The lowest BCUT2D eigenvalue weighted by atomic mass is 10.2. The Morgan fingerprint density at radius 3 is 2.55 bits per heavy atom. The number of nitriles is 1. The molecular formula is C15H16N6O. The Morgan fingerprint density at radius 2 is 2.00 bits per heavy atom. The fourth-order valence-electron chi connectivity index (χ4n) is 2.52. The third kappa shape index (κ3) is 2.76. The lowest BCUT2D eigenvalue weighted by molar-refractivity contribution is 0.0746. The minimum absolute atomic E-state index is 0.0192. The van der Waals surface area contributed by atoms with E-state index in [1.54, 1.807) is 36.4 Å². The largest absolute Gasteiger partial charge is 0.367 e. The van der Waals surface area contributed by atoms with Gasteiger partial charge in [-0.05, 0) is 12.1 Å². The van der Waals surface area contributed by atoms with Crippen LogP contribution in [-0.2, 0) is 7.05 Å². The second-order valence-electron chi connectivity index (χ2n) is 5.20. The van der Waals surface area contributed by atoms with Gasteiger partial charge in [-0.1, -0.05) is 0 Å². The normalized spacial score (nSPS) is 14.7. The zero-order chi connectivity index (χ0) is 15.5. The zero-order valence-corrected chi connectivity index (χ0v) is 12.3. The number of hydrogen-bond acceptors (Lipinski definition) is 5. The Labute approximate surface area is 128 Å². The number of carbonyl (C=O) groups excluding carboxylic acids is 1. The first-order valence-electron chi connectivity index (χ1n) is 7.06. The summed E-state index contributed by atoms with van der Waals surface area (Å²) >= 11 is 0.